The van der Waals surface area contributed by atoms with Crippen molar-refractivity contribution in [2.75, 3.05) is 26.8 Å². The lowest BCUT2D eigenvalue weighted by Gasteiger charge is -2.15. The van der Waals surface area contributed by atoms with E-state index in [1.165, 1.54) is 23.5 Å². The Kier molecular flexibility index (Phi) is 5.19. The predicted molar refractivity (Wildman–Crippen MR) is 76.6 cm³/mol. The van der Waals surface area contributed by atoms with Crippen molar-refractivity contribution in [3.05, 3.63) is 24.3 Å². The Hall–Kier alpha value is -1.60. The molecule has 0 spiro atoms. The molecule has 116 valence electrons. The molecule has 1 fully saturated rings. The number of carbonyl (C=O) groups is 1. The fourth-order valence-corrected chi connectivity index (χ4v) is 3.66. The van der Waals surface area contributed by atoms with E-state index in [0.29, 0.717) is 18.8 Å². The van der Waals surface area contributed by atoms with Gasteiger partial charge in [-0.3, -0.25) is 4.79 Å². The van der Waals surface area contributed by atoms with Crippen LogP contribution < -0.4 is 4.74 Å². The highest BCUT2D eigenvalue weighted by molar-refractivity contribution is 7.89. The molecule has 7 heteroatoms. The van der Waals surface area contributed by atoms with Gasteiger partial charge in [-0.15, -0.1) is 0 Å². The molecule has 1 saturated heterocycles. The van der Waals surface area contributed by atoms with Gasteiger partial charge in [-0.1, -0.05) is 0 Å². The van der Waals surface area contributed by atoms with Crippen LogP contribution in [0, 0.1) is 0 Å². The van der Waals surface area contributed by atoms with E-state index in [1.54, 1.807) is 12.1 Å². The standard InChI is InChI=1S/C14H19NO5S/c1-19-14(16)8-11-20-12-4-6-13(7-5-12)21(17,18)15-9-2-3-10-15/h4-7H,2-3,8-11H2,1H3. The largest absolute Gasteiger partial charge is 0.493 e. The number of carbonyl (C=O) groups excluding carboxylic acids is 1. The zero-order valence-corrected chi connectivity index (χ0v) is 12.8. The van der Waals surface area contributed by atoms with Gasteiger partial charge in [0.05, 0.1) is 25.0 Å². The number of esters is 1. The number of sulfonamides is 1. The van der Waals surface area contributed by atoms with Gasteiger partial charge in [0.2, 0.25) is 10.0 Å². The molecule has 0 aromatic heterocycles. The number of hydrogen-bond donors (Lipinski definition) is 0. The predicted octanol–water partition coefficient (Wildman–Crippen LogP) is 1.41. The van der Waals surface area contributed by atoms with Crippen LogP contribution in [0.1, 0.15) is 19.3 Å². The van der Waals surface area contributed by atoms with Crippen LogP contribution in [0.3, 0.4) is 0 Å². The van der Waals surface area contributed by atoms with Crippen molar-refractivity contribution in [3.63, 3.8) is 0 Å². The molecule has 1 aliphatic rings. The van der Waals surface area contributed by atoms with Crippen LogP contribution >= 0.6 is 0 Å². The minimum absolute atomic E-state index is 0.157. The molecule has 0 radical (unpaired) electrons. The summed E-state index contributed by atoms with van der Waals surface area (Å²) in [6.07, 6.45) is 1.98. The summed E-state index contributed by atoms with van der Waals surface area (Å²) in [6.45, 7) is 1.37. The topological polar surface area (TPSA) is 72.9 Å². The quantitative estimate of drug-likeness (QED) is 0.743. The normalized spacial score (nSPS) is 15.9. The molecule has 0 amide bonds. The van der Waals surface area contributed by atoms with Crippen molar-refractivity contribution >= 4 is 16.0 Å². The van der Waals surface area contributed by atoms with Crippen LogP contribution in [0.15, 0.2) is 29.2 Å². The van der Waals surface area contributed by atoms with E-state index >= 15 is 0 Å². The van der Waals surface area contributed by atoms with Crippen LogP contribution in [0.5, 0.6) is 5.75 Å². The average molecular weight is 313 g/mol. The second-order valence-corrected chi connectivity index (χ2v) is 6.70. The molecule has 0 aliphatic carbocycles. The van der Waals surface area contributed by atoms with Crippen LogP contribution in [-0.4, -0.2) is 45.5 Å². The number of methoxy groups -OCH3 is 1. The van der Waals surface area contributed by atoms with Crippen molar-refractivity contribution in [3.8, 4) is 5.75 Å². The lowest BCUT2D eigenvalue weighted by atomic mass is 10.3. The van der Waals surface area contributed by atoms with E-state index in [2.05, 4.69) is 4.74 Å². The summed E-state index contributed by atoms with van der Waals surface area (Å²) in [4.78, 5) is 11.2. The summed E-state index contributed by atoms with van der Waals surface area (Å²) in [5.41, 5.74) is 0. The highest BCUT2D eigenvalue weighted by Gasteiger charge is 2.26. The van der Waals surface area contributed by atoms with E-state index in [1.807, 2.05) is 0 Å². The first-order valence-electron chi connectivity index (χ1n) is 6.84. The third-order valence-corrected chi connectivity index (χ3v) is 5.24. The molecule has 1 aliphatic heterocycles. The van der Waals surface area contributed by atoms with E-state index in [-0.39, 0.29) is 23.9 Å². The second-order valence-electron chi connectivity index (χ2n) is 4.76. The fraction of sp³-hybridized carbons (Fsp3) is 0.500. The van der Waals surface area contributed by atoms with Gasteiger partial charge in [0, 0.05) is 13.1 Å². The van der Waals surface area contributed by atoms with Gasteiger partial charge in [0.25, 0.3) is 0 Å². The van der Waals surface area contributed by atoms with Crippen molar-refractivity contribution in [2.24, 2.45) is 0 Å². The van der Waals surface area contributed by atoms with Gasteiger partial charge in [-0.2, -0.15) is 4.31 Å². The maximum atomic E-state index is 12.3. The Morgan fingerprint density at radius 3 is 2.38 bits per heavy atom. The van der Waals surface area contributed by atoms with Gasteiger partial charge in [0.1, 0.15) is 5.75 Å². The molecule has 2 rings (SSSR count). The first kappa shape index (κ1) is 15.8. The van der Waals surface area contributed by atoms with E-state index in [0.717, 1.165) is 12.8 Å². The lowest BCUT2D eigenvalue weighted by molar-refractivity contribution is -0.141. The Morgan fingerprint density at radius 2 is 1.81 bits per heavy atom. The Bertz CT molecular complexity index is 576. The molecular weight excluding hydrogens is 294 g/mol. The monoisotopic (exact) mass is 313 g/mol. The minimum Gasteiger partial charge on any atom is -0.493 e. The zero-order chi connectivity index (χ0) is 15.3. The summed E-state index contributed by atoms with van der Waals surface area (Å²) >= 11 is 0. The SMILES string of the molecule is COC(=O)CCOc1ccc(S(=O)(=O)N2CCCC2)cc1. The molecule has 1 aromatic carbocycles. The molecule has 0 bridgehead atoms. The van der Waals surface area contributed by atoms with Gasteiger partial charge < -0.3 is 9.47 Å². The molecule has 0 unspecified atom stereocenters. The number of hydrogen-bond acceptors (Lipinski definition) is 5. The Labute approximate surface area is 124 Å². The maximum Gasteiger partial charge on any atom is 0.308 e. The molecule has 21 heavy (non-hydrogen) atoms. The number of ether oxygens (including phenoxy) is 2. The van der Waals surface area contributed by atoms with Gasteiger partial charge in [-0.05, 0) is 37.1 Å². The number of nitrogens with zero attached hydrogens (tertiary/aromatic N) is 1. The van der Waals surface area contributed by atoms with Gasteiger partial charge in [0.15, 0.2) is 0 Å². The van der Waals surface area contributed by atoms with Crippen molar-refractivity contribution < 1.29 is 22.7 Å². The summed E-state index contributed by atoms with van der Waals surface area (Å²) in [5.74, 6) is 0.183. The highest BCUT2D eigenvalue weighted by Crippen LogP contribution is 2.22. The second kappa shape index (κ2) is 6.91. The summed E-state index contributed by atoms with van der Waals surface area (Å²) in [6, 6.07) is 6.25. The number of benzene rings is 1. The van der Waals surface area contributed by atoms with Crippen LogP contribution in [0.25, 0.3) is 0 Å². The van der Waals surface area contributed by atoms with Gasteiger partial charge in [-0.25, -0.2) is 8.42 Å². The van der Waals surface area contributed by atoms with E-state index in [4.69, 9.17) is 4.74 Å². The van der Waals surface area contributed by atoms with E-state index < -0.39 is 10.0 Å². The molecule has 1 aromatic rings. The van der Waals surface area contributed by atoms with Crippen molar-refractivity contribution in [1.29, 1.82) is 0 Å². The summed E-state index contributed by atoms with van der Waals surface area (Å²) in [5, 5.41) is 0. The van der Waals surface area contributed by atoms with Crippen LogP contribution in [0.2, 0.25) is 0 Å². The molecular formula is C14H19NO5S. The first-order valence-corrected chi connectivity index (χ1v) is 8.28. The average Bonchev–Trinajstić information content (AvgIpc) is 3.02. The molecule has 0 N–H and O–H groups in total. The smallest absolute Gasteiger partial charge is 0.308 e. The maximum absolute atomic E-state index is 12.3. The first-order chi connectivity index (χ1) is 10.0. The number of rotatable bonds is 6. The third kappa shape index (κ3) is 3.95. The van der Waals surface area contributed by atoms with E-state index in [9.17, 15) is 13.2 Å². The zero-order valence-electron chi connectivity index (χ0n) is 11.9. The minimum atomic E-state index is -3.39. The van der Waals surface area contributed by atoms with Crippen LogP contribution in [-0.2, 0) is 19.6 Å². The van der Waals surface area contributed by atoms with Crippen molar-refractivity contribution in [1.82, 2.24) is 4.31 Å². The Morgan fingerprint density at radius 1 is 1.19 bits per heavy atom. The highest BCUT2D eigenvalue weighted by atomic mass is 32.2. The fourth-order valence-electron chi connectivity index (χ4n) is 2.14. The van der Waals surface area contributed by atoms with Crippen LogP contribution in [0.4, 0.5) is 0 Å². The Balaban J connectivity index is 1.97. The molecule has 0 atom stereocenters. The summed E-state index contributed by atoms with van der Waals surface area (Å²) < 4.78 is 36.0. The molecule has 1 heterocycles. The van der Waals surface area contributed by atoms with Gasteiger partial charge >= 0.3 is 5.97 Å². The summed E-state index contributed by atoms with van der Waals surface area (Å²) in [7, 11) is -2.07. The lowest BCUT2D eigenvalue weighted by Crippen LogP contribution is -2.27. The molecule has 0 saturated carbocycles. The molecule has 6 nitrogen and oxygen atoms in total. The third-order valence-electron chi connectivity index (χ3n) is 3.33. The van der Waals surface area contributed by atoms with Crippen molar-refractivity contribution in [2.45, 2.75) is 24.2 Å².